The maximum Gasteiger partial charge on any atom is 0.319 e. The van der Waals surface area contributed by atoms with Gasteiger partial charge in [-0.1, -0.05) is 0 Å². The number of urea groups is 1. The summed E-state index contributed by atoms with van der Waals surface area (Å²) in [6.45, 7) is 8.88. The third-order valence-electron chi connectivity index (χ3n) is 4.74. The van der Waals surface area contributed by atoms with Gasteiger partial charge in [0.1, 0.15) is 0 Å². The lowest BCUT2D eigenvalue weighted by atomic mass is 9.96. The van der Waals surface area contributed by atoms with Gasteiger partial charge in [0.05, 0.1) is 12.2 Å². The fraction of sp³-hybridized carbons (Fsp3) is 0.882. The van der Waals surface area contributed by atoms with Crippen molar-refractivity contribution >= 4 is 11.9 Å². The fourth-order valence-electron chi connectivity index (χ4n) is 3.56. The molecule has 7 heteroatoms. The first-order chi connectivity index (χ1) is 11.4. The first kappa shape index (κ1) is 19.0. The Morgan fingerprint density at radius 2 is 1.71 bits per heavy atom. The number of piperidine rings is 1. The largest absolute Gasteiger partial charge is 0.373 e. The quantitative estimate of drug-likeness (QED) is 0.814. The van der Waals surface area contributed by atoms with Crippen LogP contribution in [-0.4, -0.2) is 92.2 Å². The molecule has 0 saturated carbocycles. The minimum Gasteiger partial charge on any atom is -0.373 e. The molecule has 2 aliphatic rings. The summed E-state index contributed by atoms with van der Waals surface area (Å²) in [5, 5.41) is 3.06. The molecule has 2 unspecified atom stereocenters. The molecule has 138 valence electrons. The van der Waals surface area contributed by atoms with E-state index in [9.17, 15) is 9.59 Å². The first-order valence-corrected chi connectivity index (χ1v) is 8.98. The van der Waals surface area contributed by atoms with Crippen LogP contribution in [0.2, 0.25) is 0 Å². The van der Waals surface area contributed by atoms with Crippen molar-refractivity contribution in [3.63, 3.8) is 0 Å². The number of rotatable bonds is 4. The third-order valence-corrected chi connectivity index (χ3v) is 4.74. The number of nitrogens with zero attached hydrogens (tertiary/aromatic N) is 3. The molecular weight excluding hydrogens is 308 g/mol. The van der Waals surface area contributed by atoms with Crippen molar-refractivity contribution in [2.24, 2.45) is 5.92 Å². The molecule has 2 heterocycles. The van der Waals surface area contributed by atoms with Gasteiger partial charge in [-0.2, -0.15) is 0 Å². The molecule has 0 bridgehead atoms. The second-order valence-corrected chi connectivity index (χ2v) is 7.25. The number of ether oxygens (including phenoxy) is 1. The Morgan fingerprint density at radius 3 is 2.25 bits per heavy atom. The predicted molar refractivity (Wildman–Crippen MR) is 92.8 cm³/mol. The summed E-state index contributed by atoms with van der Waals surface area (Å²) in [5.41, 5.74) is 0. The van der Waals surface area contributed by atoms with E-state index in [2.05, 4.69) is 24.1 Å². The Bertz CT molecular complexity index is 426. The van der Waals surface area contributed by atoms with E-state index >= 15 is 0 Å². The van der Waals surface area contributed by atoms with Crippen LogP contribution in [0.4, 0.5) is 4.79 Å². The van der Waals surface area contributed by atoms with E-state index in [4.69, 9.17) is 4.74 Å². The molecule has 7 nitrogen and oxygen atoms in total. The molecule has 0 radical (unpaired) electrons. The highest BCUT2D eigenvalue weighted by atomic mass is 16.5. The summed E-state index contributed by atoms with van der Waals surface area (Å²) in [4.78, 5) is 30.0. The van der Waals surface area contributed by atoms with Crippen LogP contribution < -0.4 is 5.32 Å². The van der Waals surface area contributed by atoms with Gasteiger partial charge in [-0.25, -0.2) is 4.79 Å². The van der Waals surface area contributed by atoms with Crippen LogP contribution in [0.25, 0.3) is 0 Å². The van der Waals surface area contributed by atoms with Crippen molar-refractivity contribution in [3.05, 3.63) is 0 Å². The van der Waals surface area contributed by atoms with Gasteiger partial charge in [0.25, 0.3) is 0 Å². The highest BCUT2D eigenvalue weighted by Crippen LogP contribution is 2.18. The zero-order chi connectivity index (χ0) is 17.7. The van der Waals surface area contributed by atoms with Crippen LogP contribution in [0.15, 0.2) is 0 Å². The van der Waals surface area contributed by atoms with Gasteiger partial charge in [0.2, 0.25) is 5.91 Å². The number of amides is 3. The van der Waals surface area contributed by atoms with E-state index in [0.29, 0.717) is 19.6 Å². The molecule has 0 aromatic rings. The van der Waals surface area contributed by atoms with Gasteiger partial charge < -0.3 is 19.9 Å². The van der Waals surface area contributed by atoms with E-state index in [0.717, 1.165) is 32.5 Å². The summed E-state index contributed by atoms with van der Waals surface area (Å²) < 4.78 is 5.72. The molecule has 0 aromatic carbocycles. The summed E-state index contributed by atoms with van der Waals surface area (Å²) in [7, 11) is 3.52. The topological polar surface area (TPSA) is 65.1 Å². The first-order valence-electron chi connectivity index (χ1n) is 8.98. The maximum absolute atomic E-state index is 12.3. The van der Waals surface area contributed by atoms with Crippen LogP contribution in [-0.2, 0) is 9.53 Å². The monoisotopic (exact) mass is 340 g/mol. The third kappa shape index (κ3) is 5.34. The number of carbonyl (C=O) groups excluding carboxylic acids is 2. The predicted octanol–water partition coefficient (Wildman–Crippen LogP) is 0.605. The molecule has 3 amide bonds. The molecule has 2 fully saturated rings. The molecule has 24 heavy (non-hydrogen) atoms. The van der Waals surface area contributed by atoms with Crippen molar-refractivity contribution in [1.29, 1.82) is 0 Å². The maximum atomic E-state index is 12.3. The minimum absolute atomic E-state index is 0.0266. The molecule has 2 saturated heterocycles. The van der Waals surface area contributed by atoms with Crippen LogP contribution in [0.1, 0.15) is 26.7 Å². The lowest BCUT2D eigenvalue weighted by molar-refractivity contribution is -0.126. The van der Waals surface area contributed by atoms with E-state index in [1.165, 1.54) is 0 Å². The van der Waals surface area contributed by atoms with Crippen molar-refractivity contribution < 1.29 is 14.3 Å². The Morgan fingerprint density at radius 1 is 1.12 bits per heavy atom. The van der Waals surface area contributed by atoms with Gasteiger partial charge in [-0.3, -0.25) is 9.69 Å². The Balaban J connectivity index is 1.66. The number of morpholine rings is 1. The lowest BCUT2D eigenvalue weighted by Gasteiger charge is -2.35. The SMILES string of the molecule is CC1CN(CCNC(=O)C2CCN(C(=O)N(C)C)CC2)CC(C)O1. The standard InChI is InChI=1S/C17H32N4O3/c1-13-11-20(12-14(2)24-13)10-7-18-16(22)15-5-8-21(9-6-15)17(23)19(3)4/h13-15H,5-12H2,1-4H3,(H,18,22). The van der Waals surface area contributed by atoms with Gasteiger partial charge in [0, 0.05) is 59.3 Å². The summed E-state index contributed by atoms with van der Waals surface area (Å²) in [5.74, 6) is 0.153. The molecule has 1 N–H and O–H groups in total. The molecule has 2 aliphatic heterocycles. The van der Waals surface area contributed by atoms with E-state index in [-0.39, 0.29) is 30.1 Å². The Labute approximate surface area is 145 Å². The van der Waals surface area contributed by atoms with Crippen molar-refractivity contribution in [3.8, 4) is 0 Å². The number of nitrogens with one attached hydrogen (secondary N) is 1. The molecule has 0 aromatic heterocycles. The Kier molecular flexibility index (Phi) is 6.86. The van der Waals surface area contributed by atoms with Gasteiger partial charge in [-0.05, 0) is 26.7 Å². The number of carbonyl (C=O) groups is 2. The normalized spacial score (nSPS) is 26.2. The summed E-state index contributed by atoms with van der Waals surface area (Å²) in [6, 6.07) is 0.0319. The van der Waals surface area contributed by atoms with Crippen LogP contribution in [0.3, 0.4) is 0 Å². The van der Waals surface area contributed by atoms with E-state index in [1.807, 2.05) is 4.90 Å². The second kappa shape index (κ2) is 8.67. The van der Waals surface area contributed by atoms with Crippen molar-refractivity contribution in [1.82, 2.24) is 20.0 Å². The highest BCUT2D eigenvalue weighted by Gasteiger charge is 2.28. The average molecular weight is 340 g/mol. The summed E-state index contributed by atoms with van der Waals surface area (Å²) in [6.07, 6.45) is 2.00. The molecule has 0 aliphatic carbocycles. The molecule has 2 atom stereocenters. The molecular formula is C17H32N4O3. The van der Waals surface area contributed by atoms with E-state index < -0.39 is 0 Å². The van der Waals surface area contributed by atoms with Gasteiger partial charge in [0.15, 0.2) is 0 Å². The van der Waals surface area contributed by atoms with Crippen LogP contribution in [0, 0.1) is 5.92 Å². The number of hydrogen-bond acceptors (Lipinski definition) is 4. The highest BCUT2D eigenvalue weighted by molar-refractivity contribution is 5.79. The Hall–Kier alpha value is -1.34. The fourth-order valence-corrected chi connectivity index (χ4v) is 3.56. The number of hydrogen-bond donors (Lipinski definition) is 1. The average Bonchev–Trinajstić information content (AvgIpc) is 2.53. The molecule has 2 rings (SSSR count). The zero-order valence-electron chi connectivity index (χ0n) is 15.5. The van der Waals surface area contributed by atoms with E-state index in [1.54, 1.807) is 19.0 Å². The van der Waals surface area contributed by atoms with Crippen molar-refractivity contribution in [2.75, 3.05) is 53.4 Å². The van der Waals surface area contributed by atoms with Crippen LogP contribution in [0.5, 0.6) is 0 Å². The second-order valence-electron chi connectivity index (χ2n) is 7.25. The number of likely N-dealkylation sites (tertiary alicyclic amines) is 1. The summed E-state index contributed by atoms with van der Waals surface area (Å²) >= 11 is 0. The smallest absolute Gasteiger partial charge is 0.319 e. The molecule has 0 spiro atoms. The van der Waals surface area contributed by atoms with Crippen molar-refractivity contribution in [2.45, 2.75) is 38.9 Å². The zero-order valence-corrected chi connectivity index (χ0v) is 15.5. The van der Waals surface area contributed by atoms with Crippen LogP contribution >= 0.6 is 0 Å². The lowest BCUT2D eigenvalue weighted by Crippen LogP contribution is -2.49. The van der Waals surface area contributed by atoms with Gasteiger partial charge in [-0.15, -0.1) is 0 Å². The minimum atomic E-state index is 0.0266. The van der Waals surface area contributed by atoms with Gasteiger partial charge >= 0.3 is 6.03 Å².